The van der Waals surface area contributed by atoms with Gasteiger partial charge in [-0.25, -0.2) is 0 Å². The van der Waals surface area contributed by atoms with Crippen molar-refractivity contribution in [2.75, 3.05) is 6.54 Å². The lowest BCUT2D eigenvalue weighted by Crippen LogP contribution is -2.33. The Morgan fingerprint density at radius 2 is 1.43 bits per heavy atom. The zero-order chi connectivity index (χ0) is 27.6. The summed E-state index contributed by atoms with van der Waals surface area (Å²) >= 11 is 5.70. The fourth-order valence-corrected chi connectivity index (χ4v) is 4.03. The van der Waals surface area contributed by atoms with Gasteiger partial charge in [-0.15, -0.1) is 0 Å². The van der Waals surface area contributed by atoms with Crippen molar-refractivity contribution < 1.29 is 31.1 Å². The summed E-state index contributed by atoms with van der Waals surface area (Å²) in [4.78, 5) is 14.7. The van der Waals surface area contributed by atoms with Gasteiger partial charge in [0.1, 0.15) is 0 Å². The van der Waals surface area contributed by atoms with E-state index in [9.17, 15) is 31.1 Å². The molecule has 3 aromatic rings. The Kier molecular flexibility index (Phi) is 8.32. The molecule has 198 valence electrons. The van der Waals surface area contributed by atoms with Gasteiger partial charge in [-0.2, -0.15) is 26.3 Å². The van der Waals surface area contributed by atoms with Crippen molar-refractivity contribution in [2.45, 2.75) is 51.5 Å². The normalized spacial score (nSPS) is 12.5. The molecular formula is C28H26ClF6NO. The van der Waals surface area contributed by atoms with Crippen LogP contribution < -0.4 is 0 Å². The lowest BCUT2D eigenvalue weighted by molar-refractivity contribution is -0.138. The van der Waals surface area contributed by atoms with Gasteiger partial charge in [0.15, 0.2) is 0 Å². The SMILES string of the molecule is CC(C)(C)c1ccc(CN(CCc2cccc(C(F)(F)F)c2)C(=O)c2ccc(Cl)c(C(F)(F)F)c2)cc1. The third-order valence-corrected chi connectivity index (χ3v) is 6.25. The highest BCUT2D eigenvalue weighted by molar-refractivity contribution is 6.31. The van der Waals surface area contributed by atoms with Crippen molar-refractivity contribution in [2.24, 2.45) is 0 Å². The van der Waals surface area contributed by atoms with E-state index in [0.29, 0.717) is 11.6 Å². The van der Waals surface area contributed by atoms with E-state index in [0.717, 1.165) is 29.3 Å². The average molecular weight is 542 g/mol. The van der Waals surface area contributed by atoms with Crippen LogP contribution in [0, 0.1) is 0 Å². The zero-order valence-electron chi connectivity index (χ0n) is 20.5. The number of amides is 1. The van der Waals surface area contributed by atoms with Crippen molar-refractivity contribution in [3.63, 3.8) is 0 Å². The van der Waals surface area contributed by atoms with Crippen LogP contribution in [-0.2, 0) is 30.7 Å². The van der Waals surface area contributed by atoms with Gasteiger partial charge >= 0.3 is 12.4 Å². The van der Waals surface area contributed by atoms with Gasteiger partial charge in [-0.05, 0) is 52.8 Å². The summed E-state index contributed by atoms with van der Waals surface area (Å²) in [6.07, 6.45) is -9.19. The number of hydrogen-bond acceptors (Lipinski definition) is 1. The van der Waals surface area contributed by atoms with E-state index in [1.54, 1.807) is 0 Å². The summed E-state index contributed by atoms with van der Waals surface area (Å²) in [5, 5.41) is -0.530. The zero-order valence-corrected chi connectivity index (χ0v) is 21.2. The molecule has 0 unspecified atom stereocenters. The monoisotopic (exact) mass is 541 g/mol. The van der Waals surface area contributed by atoms with Gasteiger partial charge < -0.3 is 4.90 Å². The lowest BCUT2D eigenvalue weighted by atomic mass is 9.87. The molecule has 0 atom stereocenters. The summed E-state index contributed by atoms with van der Waals surface area (Å²) in [5.74, 6) is -0.686. The Bertz CT molecular complexity index is 1240. The molecular weight excluding hydrogens is 516 g/mol. The van der Waals surface area contributed by atoms with Crippen LogP contribution in [0.1, 0.15) is 58.9 Å². The number of alkyl halides is 6. The number of benzene rings is 3. The summed E-state index contributed by atoms with van der Waals surface area (Å²) in [6.45, 7) is 6.19. The Morgan fingerprint density at radius 3 is 2.00 bits per heavy atom. The standard InChI is InChI=1S/C28H26ClF6NO/c1-26(2,3)21-10-7-19(8-11-21)17-36(14-13-18-5-4-6-22(15-18)27(30,31)32)25(37)20-9-12-24(29)23(16-20)28(33,34)35/h4-12,15-16H,13-14,17H2,1-3H3. The molecule has 0 fully saturated rings. The van der Waals surface area contributed by atoms with E-state index in [-0.39, 0.29) is 30.5 Å². The third-order valence-electron chi connectivity index (χ3n) is 5.92. The maximum atomic E-state index is 13.4. The van der Waals surface area contributed by atoms with Gasteiger partial charge in [0, 0.05) is 18.7 Å². The minimum Gasteiger partial charge on any atom is -0.334 e. The first kappa shape index (κ1) is 28.6. The van der Waals surface area contributed by atoms with E-state index in [1.165, 1.54) is 23.1 Å². The van der Waals surface area contributed by atoms with Crippen LogP contribution in [-0.4, -0.2) is 17.4 Å². The maximum Gasteiger partial charge on any atom is 0.417 e. The predicted octanol–water partition coefficient (Wildman–Crippen LogP) is 8.56. The van der Waals surface area contributed by atoms with E-state index in [1.807, 2.05) is 45.0 Å². The van der Waals surface area contributed by atoms with Crippen molar-refractivity contribution in [3.05, 3.63) is 105 Å². The van der Waals surface area contributed by atoms with Crippen molar-refractivity contribution in [3.8, 4) is 0 Å². The topological polar surface area (TPSA) is 20.3 Å². The van der Waals surface area contributed by atoms with Gasteiger partial charge in [0.05, 0.1) is 16.1 Å². The summed E-state index contributed by atoms with van der Waals surface area (Å²) in [7, 11) is 0. The second-order valence-electron chi connectivity index (χ2n) is 9.81. The molecule has 3 rings (SSSR count). The molecule has 0 aromatic heterocycles. The van der Waals surface area contributed by atoms with Crippen molar-refractivity contribution in [1.82, 2.24) is 4.90 Å². The quantitative estimate of drug-likeness (QED) is 0.286. The minimum atomic E-state index is -4.75. The van der Waals surface area contributed by atoms with Gasteiger partial charge in [-0.1, -0.05) is 74.8 Å². The molecule has 0 saturated carbocycles. The smallest absolute Gasteiger partial charge is 0.334 e. The first-order valence-electron chi connectivity index (χ1n) is 11.5. The van der Waals surface area contributed by atoms with Crippen LogP contribution >= 0.6 is 11.6 Å². The summed E-state index contributed by atoms with van der Waals surface area (Å²) in [5.41, 5.74) is -0.120. The molecule has 37 heavy (non-hydrogen) atoms. The highest BCUT2D eigenvalue weighted by atomic mass is 35.5. The average Bonchev–Trinajstić information content (AvgIpc) is 2.80. The first-order chi connectivity index (χ1) is 17.1. The van der Waals surface area contributed by atoms with Crippen LogP contribution in [0.15, 0.2) is 66.7 Å². The molecule has 0 aliphatic carbocycles. The highest BCUT2D eigenvalue weighted by Gasteiger charge is 2.34. The Morgan fingerprint density at radius 1 is 0.784 bits per heavy atom. The fraction of sp³-hybridized carbons (Fsp3) is 0.321. The Balaban J connectivity index is 1.92. The Labute approximate surface area is 216 Å². The van der Waals surface area contributed by atoms with Crippen LogP contribution in [0.25, 0.3) is 0 Å². The number of carbonyl (C=O) groups is 1. The molecule has 0 radical (unpaired) electrons. The number of hydrogen-bond donors (Lipinski definition) is 0. The van der Waals surface area contributed by atoms with Crippen LogP contribution in [0.2, 0.25) is 5.02 Å². The molecule has 0 bridgehead atoms. The Hall–Kier alpha value is -3.00. The fourth-order valence-electron chi connectivity index (χ4n) is 3.81. The van der Waals surface area contributed by atoms with Crippen molar-refractivity contribution in [1.29, 1.82) is 0 Å². The van der Waals surface area contributed by atoms with E-state index < -0.39 is 34.4 Å². The van der Waals surface area contributed by atoms with Crippen LogP contribution in [0.4, 0.5) is 26.3 Å². The van der Waals surface area contributed by atoms with Gasteiger partial charge in [-0.3, -0.25) is 4.79 Å². The first-order valence-corrected chi connectivity index (χ1v) is 11.8. The molecule has 1 amide bonds. The molecule has 3 aromatic carbocycles. The second kappa shape index (κ2) is 10.8. The molecule has 0 saturated heterocycles. The van der Waals surface area contributed by atoms with E-state index in [2.05, 4.69) is 0 Å². The molecule has 0 aliphatic heterocycles. The van der Waals surface area contributed by atoms with E-state index in [4.69, 9.17) is 11.6 Å². The molecule has 0 N–H and O–H groups in total. The number of nitrogens with zero attached hydrogens (tertiary/aromatic N) is 1. The van der Waals surface area contributed by atoms with Crippen LogP contribution in [0.3, 0.4) is 0 Å². The maximum absolute atomic E-state index is 13.4. The van der Waals surface area contributed by atoms with Crippen molar-refractivity contribution >= 4 is 17.5 Å². The van der Waals surface area contributed by atoms with Gasteiger partial charge in [0.2, 0.25) is 0 Å². The number of halogens is 7. The molecule has 0 heterocycles. The summed E-state index contributed by atoms with van der Waals surface area (Å²) in [6, 6.07) is 15.2. The molecule has 0 aliphatic rings. The molecule has 0 spiro atoms. The largest absolute Gasteiger partial charge is 0.417 e. The second-order valence-corrected chi connectivity index (χ2v) is 10.2. The highest BCUT2D eigenvalue weighted by Crippen LogP contribution is 2.35. The number of rotatable bonds is 6. The predicted molar refractivity (Wildman–Crippen MR) is 131 cm³/mol. The van der Waals surface area contributed by atoms with Crippen LogP contribution in [0.5, 0.6) is 0 Å². The van der Waals surface area contributed by atoms with Gasteiger partial charge in [0.25, 0.3) is 5.91 Å². The minimum absolute atomic E-state index is 0.00879. The third kappa shape index (κ3) is 7.51. The molecule has 9 heteroatoms. The number of carbonyl (C=O) groups excluding carboxylic acids is 1. The summed E-state index contributed by atoms with van der Waals surface area (Å²) < 4.78 is 79.5. The lowest BCUT2D eigenvalue weighted by Gasteiger charge is -2.25. The molecule has 2 nitrogen and oxygen atoms in total. The van der Waals surface area contributed by atoms with E-state index >= 15 is 0 Å².